The normalized spacial score (nSPS) is 14.1. The van der Waals surface area contributed by atoms with Gasteiger partial charge in [0.05, 0.1) is 5.52 Å². The fraction of sp³-hybridized carbons (Fsp3) is 0.261. The van der Waals surface area contributed by atoms with Crippen molar-refractivity contribution in [3.8, 4) is 11.8 Å². The topological polar surface area (TPSA) is 87.0 Å². The first-order chi connectivity index (χ1) is 14.1. The van der Waals surface area contributed by atoms with Crippen LogP contribution in [-0.2, 0) is 4.79 Å². The number of nitrogens with one attached hydrogen (secondary N) is 2. The second kappa shape index (κ2) is 8.19. The number of hydrogen-bond donors (Lipinski definition) is 2. The number of ether oxygens (including phenoxy) is 1. The SMILES string of the molecule is CC(Nc1cc(C#N)nc2ccccc12)c1ccc(OCC(=O)NC2CC2)cc1. The average molecular weight is 386 g/mol. The highest BCUT2D eigenvalue weighted by molar-refractivity contribution is 5.92. The van der Waals surface area contributed by atoms with Crippen molar-refractivity contribution in [2.45, 2.75) is 31.8 Å². The van der Waals surface area contributed by atoms with Gasteiger partial charge in [0.2, 0.25) is 0 Å². The van der Waals surface area contributed by atoms with Gasteiger partial charge in [-0.2, -0.15) is 5.26 Å². The summed E-state index contributed by atoms with van der Waals surface area (Å²) in [4.78, 5) is 16.1. The molecule has 0 aliphatic heterocycles. The molecular formula is C23H22N4O2. The fourth-order valence-electron chi connectivity index (χ4n) is 3.17. The van der Waals surface area contributed by atoms with E-state index in [4.69, 9.17) is 4.74 Å². The predicted molar refractivity (Wildman–Crippen MR) is 112 cm³/mol. The van der Waals surface area contributed by atoms with E-state index in [1.807, 2.05) is 48.5 Å². The molecule has 1 aromatic heterocycles. The summed E-state index contributed by atoms with van der Waals surface area (Å²) in [5.41, 5.74) is 3.11. The average Bonchev–Trinajstić information content (AvgIpc) is 3.56. The Morgan fingerprint density at radius 1 is 1.24 bits per heavy atom. The van der Waals surface area contributed by atoms with Gasteiger partial charge in [-0.05, 0) is 49.6 Å². The maximum Gasteiger partial charge on any atom is 0.258 e. The van der Waals surface area contributed by atoms with Crippen LogP contribution >= 0.6 is 0 Å². The van der Waals surface area contributed by atoms with Crippen LogP contribution in [0.5, 0.6) is 5.75 Å². The molecule has 1 aliphatic rings. The Morgan fingerprint density at radius 2 is 2.00 bits per heavy atom. The molecule has 29 heavy (non-hydrogen) atoms. The number of hydrogen-bond acceptors (Lipinski definition) is 5. The summed E-state index contributed by atoms with van der Waals surface area (Å²) < 4.78 is 5.56. The number of carbonyl (C=O) groups excluding carboxylic acids is 1. The lowest BCUT2D eigenvalue weighted by Crippen LogP contribution is -2.30. The Balaban J connectivity index is 1.43. The number of carbonyl (C=O) groups is 1. The van der Waals surface area contributed by atoms with Crippen LogP contribution in [-0.4, -0.2) is 23.5 Å². The van der Waals surface area contributed by atoms with Crippen LogP contribution in [0.25, 0.3) is 10.9 Å². The van der Waals surface area contributed by atoms with Crippen LogP contribution in [0.1, 0.15) is 37.1 Å². The van der Waals surface area contributed by atoms with Crippen molar-refractivity contribution in [2.24, 2.45) is 0 Å². The lowest BCUT2D eigenvalue weighted by atomic mass is 10.1. The predicted octanol–water partition coefficient (Wildman–Crippen LogP) is 3.94. The second-order valence-electron chi connectivity index (χ2n) is 7.25. The molecule has 1 amide bonds. The number of benzene rings is 2. The maximum absolute atomic E-state index is 11.7. The van der Waals surface area contributed by atoms with E-state index in [0.717, 1.165) is 35.0 Å². The zero-order valence-electron chi connectivity index (χ0n) is 16.2. The number of amides is 1. The van der Waals surface area contributed by atoms with E-state index < -0.39 is 0 Å². The summed E-state index contributed by atoms with van der Waals surface area (Å²) in [6.07, 6.45) is 2.13. The molecule has 1 fully saturated rings. The largest absolute Gasteiger partial charge is 0.484 e. The van der Waals surface area contributed by atoms with Crippen LogP contribution in [0.4, 0.5) is 5.69 Å². The van der Waals surface area contributed by atoms with Gasteiger partial charge in [0.15, 0.2) is 6.61 Å². The van der Waals surface area contributed by atoms with Gasteiger partial charge >= 0.3 is 0 Å². The summed E-state index contributed by atoms with van der Waals surface area (Å²) in [5, 5.41) is 16.6. The highest BCUT2D eigenvalue weighted by Crippen LogP contribution is 2.28. The lowest BCUT2D eigenvalue weighted by molar-refractivity contribution is -0.123. The van der Waals surface area contributed by atoms with Crippen molar-refractivity contribution in [2.75, 3.05) is 11.9 Å². The van der Waals surface area contributed by atoms with Gasteiger partial charge < -0.3 is 15.4 Å². The molecule has 2 N–H and O–H groups in total. The van der Waals surface area contributed by atoms with Gasteiger partial charge in [0.25, 0.3) is 5.91 Å². The van der Waals surface area contributed by atoms with Crippen LogP contribution in [0.15, 0.2) is 54.6 Å². The molecule has 6 heteroatoms. The van der Waals surface area contributed by atoms with Crippen LogP contribution in [0.3, 0.4) is 0 Å². The minimum atomic E-state index is -0.0792. The standard InChI is InChI=1S/C23H22N4O2/c1-15(25-22-12-18(13-24)26-21-5-3-2-4-20(21)22)16-6-10-19(11-7-16)29-14-23(28)27-17-8-9-17/h2-7,10-12,15,17H,8-9,14H2,1H3,(H,25,26)(H,27,28). The summed E-state index contributed by atoms with van der Waals surface area (Å²) in [7, 11) is 0. The summed E-state index contributed by atoms with van der Waals surface area (Å²) in [5.74, 6) is 0.581. The van der Waals surface area contributed by atoms with E-state index in [1.165, 1.54) is 0 Å². The number of nitriles is 1. The van der Waals surface area contributed by atoms with Crippen LogP contribution in [0.2, 0.25) is 0 Å². The van der Waals surface area contributed by atoms with Crippen molar-refractivity contribution in [1.29, 1.82) is 5.26 Å². The molecule has 6 nitrogen and oxygen atoms in total. The fourth-order valence-corrected chi connectivity index (χ4v) is 3.17. The number of anilines is 1. The van der Waals surface area contributed by atoms with Crippen molar-refractivity contribution >= 4 is 22.5 Å². The Hall–Kier alpha value is -3.59. The highest BCUT2D eigenvalue weighted by Gasteiger charge is 2.23. The maximum atomic E-state index is 11.7. The van der Waals surface area contributed by atoms with Gasteiger partial charge in [-0.1, -0.05) is 30.3 Å². The molecule has 1 unspecified atom stereocenters. The summed E-state index contributed by atoms with van der Waals surface area (Å²) >= 11 is 0. The molecule has 1 aliphatic carbocycles. The molecule has 0 bridgehead atoms. The quantitative estimate of drug-likeness (QED) is 0.642. The van der Waals surface area contributed by atoms with Gasteiger partial charge in [-0.25, -0.2) is 4.98 Å². The van der Waals surface area contributed by atoms with Crippen LogP contribution < -0.4 is 15.4 Å². The molecule has 0 spiro atoms. The molecule has 2 aromatic carbocycles. The summed E-state index contributed by atoms with van der Waals surface area (Å²) in [6.45, 7) is 2.09. The first kappa shape index (κ1) is 18.8. The monoisotopic (exact) mass is 386 g/mol. The van der Waals surface area contributed by atoms with E-state index in [2.05, 4.69) is 28.6 Å². The van der Waals surface area contributed by atoms with Crippen molar-refractivity contribution in [1.82, 2.24) is 10.3 Å². The zero-order chi connectivity index (χ0) is 20.2. The van der Waals surface area contributed by atoms with Crippen molar-refractivity contribution in [3.05, 3.63) is 65.9 Å². The van der Waals surface area contributed by atoms with Crippen molar-refractivity contribution in [3.63, 3.8) is 0 Å². The molecule has 4 rings (SSSR count). The Labute approximate surface area is 169 Å². The molecule has 1 atom stereocenters. The molecule has 0 radical (unpaired) electrons. The Kier molecular flexibility index (Phi) is 5.30. The Bertz CT molecular complexity index is 1070. The van der Waals surface area contributed by atoms with E-state index in [1.54, 1.807) is 6.07 Å². The first-order valence-corrected chi connectivity index (χ1v) is 9.71. The third-order valence-electron chi connectivity index (χ3n) is 4.90. The lowest BCUT2D eigenvalue weighted by Gasteiger charge is -2.18. The zero-order valence-corrected chi connectivity index (χ0v) is 16.2. The van der Waals surface area contributed by atoms with E-state index in [-0.39, 0.29) is 18.6 Å². The van der Waals surface area contributed by atoms with Gasteiger partial charge in [-0.3, -0.25) is 4.79 Å². The van der Waals surface area contributed by atoms with Gasteiger partial charge in [0.1, 0.15) is 17.5 Å². The van der Waals surface area contributed by atoms with Crippen LogP contribution in [0, 0.1) is 11.3 Å². The van der Waals surface area contributed by atoms with Gasteiger partial charge in [-0.15, -0.1) is 0 Å². The minimum absolute atomic E-state index is 0.0135. The van der Waals surface area contributed by atoms with Gasteiger partial charge in [0, 0.05) is 23.2 Å². The molecule has 0 saturated heterocycles. The molecule has 1 heterocycles. The number of pyridine rings is 1. The summed E-state index contributed by atoms with van der Waals surface area (Å²) in [6, 6.07) is 19.7. The number of aromatic nitrogens is 1. The number of fused-ring (bicyclic) bond motifs is 1. The smallest absolute Gasteiger partial charge is 0.258 e. The number of nitrogens with zero attached hydrogens (tertiary/aromatic N) is 2. The number of para-hydroxylation sites is 1. The molecule has 3 aromatic rings. The Morgan fingerprint density at radius 3 is 2.72 bits per heavy atom. The highest BCUT2D eigenvalue weighted by atomic mass is 16.5. The molecular weight excluding hydrogens is 364 g/mol. The first-order valence-electron chi connectivity index (χ1n) is 9.71. The third-order valence-corrected chi connectivity index (χ3v) is 4.90. The number of rotatable bonds is 7. The minimum Gasteiger partial charge on any atom is -0.484 e. The second-order valence-corrected chi connectivity index (χ2v) is 7.25. The molecule has 1 saturated carbocycles. The van der Waals surface area contributed by atoms with E-state index in [0.29, 0.717) is 17.5 Å². The van der Waals surface area contributed by atoms with E-state index >= 15 is 0 Å². The van der Waals surface area contributed by atoms with E-state index in [9.17, 15) is 10.1 Å². The molecule has 146 valence electrons. The third kappa shape index (κ3) is 4.64. The van der Waals surface area contributed by atoms with Crippen molar-refractivity contribution < 1.29 is 9.53 Å².